The number of benzene rings is 1. The number of aromatic nitrogens is 1. The molecule has 0 aliphatic heterocycles. The summed E-state index contributed by atoms with van der Waals surface area (Å²) in [7, 11) is 0. The van der Waals surface area contributed by atoms with Crippen LogP contribution in [0.2, 0.25) is 5.02 Å². The van der Waals surface area contributed by atoms with Crippen molar-refractivity contribution in [2.24, 2.45) is 0 Å². The smallest absolute Gasteiger partial charge is 0.186 e. The molecule has 76 valence electrons. The molecule has 4 heteroatoms. The second-order valence-electron chi connectivity index (χ2n) is 3.70. The van der Waals surface area contributed by atoms with Gasteiger partial charge in [0.05, 0.1) is 5.92 Å². The van der Waals surface area contributed by atoms with Crippen molar-refractivity contribution in [3.63, 3.8) is 0 Å². The van der Waals surface area contributed by atoms with Crippen molar-refractivity contribution < 1.29 is 4.52 Å². The minimum atomic E-state index is 0.221. The Balaban J connectivity index is 2.03. The van der Waals surface area contributed by atoms with E-state index in [9.17, 15) is 0 Å². The quantitative estimate of drug-likeness (QED) is 0.804. The second kappa shape index (κ2) is 3.00. The number of nitrogen functional groups attached to an aromatic ring is 1. The summed E-state index contributed by atoms with van der Waals surface area (Å²) in [6, 6.07) is 8.24. The number of hydrogen-bond acceptors (Lipinski definition) is 3. The highest BCUT2D eigenvalue weighted by Crippen LogP contribution is 2.43. The molecule has 0 spiro atoms. The van der Waals surface area contributed by atoms with Crippen molar-refractivity contribution in [3.05, 3.63) is 46.2 Å². The van der Waals surface area contributed by atoms with E-state index in [-0.39, 0.29) is 11.7 Å². The van der Waals surface area contributed by atoms with Crippen LogP contribution in [0.4, 0.5) is 5.82 Å². The zero-order valence-corrected chi connectivity index (χ0v) is 8.66. The van der Waals surface area contributed by atoms with E-state index in [4.69, 9.17) is 21.9 Å². The zero-order chi connectivity index (χ0) is 10.4. The Kier molecular flexibility index (Phi) is 1.76. The van der Waals surface area contributed by atoms with E-state index >= 15 is 0 Å². The van der Waals surface area contributed by atoms with Crippen LogP contribution >= 0.6 is 11.6 Å². The number of anilines is 1. The summed E-state index contributed by atoms with van der Waals surface area (Å²) >= 11 is 6.00. The first-order chi connectivity index (χ1) is 7.27. The van der Waals surface area contributed by atoms with Crippen LogP contribution in [-0.2, 0) is 6.42 Å². The van der Waals surface area contributed by atoms with E-state index in [0.717, 1.165) is 6.42 Å². The Morgan fingerprint density at radius 1 is 1.40 bits per heavy atom. The highest BCUT2D eigenvalue weighted by atomic mass is 35.5. The molecule has 0 saturated heterocycles. The fourth-order valence-corrected chi connectivity index (χ4v) is 2.21. The fourth-order valence-electron chi connectivity index (χ4n) is 2.01. The second-order valence-corrected chi connectivity index (χ2v) is 4.08. The van der Waals surface area contributed by atoms with Crippen molar-refractivity contribution in [1.29, 1.82) is 0 Å². The molecule has 1 heterocycles. The van der Waals surface area contributed by atoms with Crippen molar-refractivity contribution >= 4 is 17.4 Å². The summed E-state index contributed by atoms with van der Waals surface area (Å²) in [5, 5.41) is 4.12. The minimum absolute atomic E-state index is 0.221. The average Bonchev–Trinajstić information content (AvgIpc) is 2.52. The summed E-state index contributed by atoms with van der Waals surface area (Å²) in [6.45, 7) is 0. The van der Waals surface area contributed by atoms with Crippen LogP contribution in [0.3, 0.4) is 0 Å². The lowest BCUT2D eigenvalue weighted by Crippen LogP contribution is -2.17. The van der Waals surface area contributed by atoms with Crippen molar-refractivity contribution in [3.8, 4) is 0 Å². The Labute approximate surface area is 91.8 Å². The SMILES string of the molecule is Nc1noc(C2Cc3ccccc32)c1Cl. The van der Waals surface area contributed by atoms with Gasteiger partial charge < -0.3 is 10.3 Å². The van der Waals surface area contributed by atoms with Crippen LogP contribution in [0, 0.1) is 0 Å². The Hall–Kier alpha value is -1.48. The molecule has 3 rings (SSSR count). The van der Waals surface area contributed by atoms with Crippen LogP contribution in [0.1, 0.15) is 22.8 Å². The maximum Gasteiger partial charge on any atom is 0.186 e. The van der Waals surface area contributed by atoms with E-state index in [1.54, 1.807) is 0 Å². The largest absolute Gasteiger partial charge is 0.380 e. The molecule has 1 aromatic carbocycles. The maximum absolute atomic E-state index is 6.00. The number of rotatable bonds is 1. The summed E-state index contributed by atoms with van der Waals surface area (Å²) in [5.74, 6) is 1.18. The van der Waals surface area contributed by atoms with E-state index in [1.807, 2.05) is 12.1 Å². The highest BCUT2D eigenvalue weighted by Gasteiger charge is 2.32. The first-order valence-electron chi connectivity index (χ1n) is 4.75. The van der Waals surface area contributed by atoms with Gasteiger partial charge in [0, 0.05) is 0 Å². The number of fused-ring (bicyclic) bond motifs is 1. The molecule has 0 saturated carbocycles. The predicted molar refractivity (Wildman–Crippen MR) is 57.9 cm³/mol. The molecule has 1 unspecified atom stereocenters. The third kappa shape index (κ3) is 1.16. The molecule has 0 bridgehead atoms. The lowest BCUT2D eigenvalue weighted by Gasteiger charge is -2.27. The predicted octanol–water partition coefficient (Wildman–Crippen LogP) is 2.60. The Morgan fingerprint density at radius 2 is 2.20 bits per heavy atom. The topological polar surface area (TPSA) is 52.0 Å². The van der Waals surface area contributed by atoms with Gasteiger partial charge in [-0.05, 0) is 17.5 Å². The number of nitrogens with zero attached hydrogens (tertiary/aromatic N) is 1. The molecular formula is C11H9ClN2O. The number of hydrogen-bond donors (Lipinski definition) is 1. The van der Waals surface area contributed by atoms with E-state index in [2.05, 4.69) is 17.3 Å². The standard InChI is InChI=1S/C11H9ClN2O/c12-9-10(15-14-11(9)13)8-5-6-3-1-2-4-7(6)8/h1-4,8H,5H2,(H2,13,14). The van der Waals surface area contributed by atoms with Crippen LogP contribution < -0.4 is 5.73 Å². The van der Waals surface area contributed by atoms with E-state index in [0.29, 0.717) is 10.8 Å². The van der Waals surface area contributed by atoms with Crippen LogP contribution in [-0.4, -0.2) is 5.16 Å². The van der Waals surface area contributed by atoms with Crippen molar-refractivity contribution in [1.82, 2.24) is 5.16 Å². The molecular weight excluding hydrogens is 212 g/mol. The minimum Gasteiger partial charge on any atom is -0.380 e. The van der Waals surface area contributed by atoms with Gasteiger partial charge in [-0.25, -0.2) is 0 Å². The van der Waals surface area contributed by atoms with Gasteiger partial charge in [0.25, 0.3) is 0 Å². The molecule has 2 N–H and O–H groups in total. The normalized spacial score (nSPS) is 18.3. The van der Waals surface area contributed by atoms with E-state index in [1.165, 1.54) is 11.1 Å². The van der Waals surface area contributed by atoms with Gasteiger partial charge >= 0.3 is 0 Å². The lowest BCUT2D eigenvalue weighted by atomic mass is 9.76. The van der Waals surface area contributed by atoms with Crippen LogP contribution in [0.15, 0.2) is 28.8 Å². The summed E-state index contributed by atoms with van der Waals surface area (Å²) in [6.07, 6.45) is 0.949. The Morgan fingerprint density at radius 3 is 2.87 bits per heavy atom. The first kappa shape index (κ1) is 8.80. The van der Waals surface area contributed by atoms with Gasteiger partial charge in [0.2, 0.25) is 0 Å². The average molecular weight is 221 g/mol. The maximum atomic E-state index is 6.00. The molecule has 3 nitrogen and oxygen atoms in total. The fraction of sp³-hybridized carbons (Fsp3) is 0.182. The monoisotopic (exact) mass is 220 g/mol. The molecule has 1 aliphatic carbocycles. The van der Waals surface area contributed by atoms with Crippen molar-refractivity contribution in [2.75, 3.05) is 5.73 Å². The summed E-state index contributed by atoms with van der Waals surface area (Å²) < 4.78 is 5.15. The molecule has 1 aliphatic rings. The van der Waals surface area contributed by atoms with Crippen molar-refractivity contribution in [2.45, 2.75) is 12.3 Å². The molecule has 0 amide bonds. The summed E-state index contributed by atoms with van der Waals surface area (Å²) in [5.41, 5.74) is 8.14. The van der Waals surface area contributed by atoms with E-state index < -0.39 is 0 Å². The first-order valence-corrected chi connectivity index (χ1v) is 5.13. The third-order valence-corrected chi connectivity index (χ3v) is 3.23. The lowest BCUT2D eigenvalue weighted by molar-refractivity contribution is 0.365. The van der Waals surface area contributed by atoms with Gasteiger partial charge in [-0.1, -0.05) is 41.0 Å². The Bertz CT molecular complexity index is 521. The van der Waals surface area contributed by atoms with Gasteiger partial charge in [-0.3, -0.25) is 0 Å². The molecule has 1 atom stereocenters. The van der Waals surface area contributed by atoms with Gasteiger partial charge in [-0.15, -0.1) is 0 Å². The third-order valence-electron chi connectivity index (χ3n) is 2.85. The highest BCUT2D eigenvalue weighted by molar-refractivity contribution is 6.33. The van der Waals surface area contributed by atoms with Gasteiger partial charge in [0.15, 0.2) is 11.6 Å². The molecule has 15 heavy (non-hydrogen) atoms. The molecule has 1 aromatic heterocycles. The zero-order valence-electron chi connectivity index (χ0n) is 7.90. The summed E-state index contributed by atoms with van der Waals surface area (Å²) in [4.78, 5) is 0. The number of halogens is 1. The van der Waals surface area contributed by atoms with Gasteiger partial charge in [0.1, 0.15) is 5.02 Å². The number of nitrogens with two attached hydrogens (primary N) is 1. The van der Waals surface area contributed by atoms with Crippen LogP contribution in [0.25, 0.3) is 0 Å². The molecule has 0 fully saturated rings. The van der Waals surface area contributed by atoms with Gasteiger partial charge in [-0.2, -0.15) is 0 Å². The molecule has 2 aromatic rings. The van der Waals surface area contributed by atoms with Crippen LogP contribution in [0.5, 0.6) is 0 Å². The molecule has 0 radical (unpaired) electrons.